The van der Waals surface area contributed by atoms with Crippen LogP contribution in [0.1, 0.15) is 29.5 Å². The third-order valence-corrected chi connectivity index (χ3v) is 5.92. The molecule has 3 aromatic rings. The molecule has 0 radical (unpaired) electrons. The molecule has 0 saturated heterocycles. The summed E-state index contributed by atoms with van der Waals surface area (Å²) in [6.45, 7) is 1.09. The normalized spacial score (nSPS) is 12.1. The van der Waals surface area contributed by atoms with E-state index < -0.39 is 18.4 Å². The molecule has 0 saturated carbocycles. The minimum absolute atomic E-state index is 0. The van der Waals surface area contributed by atoms with Gasteiger partial charge >= 0.3 is 51.4 Å². The Morgan fingerprint density at radius 1 is 0.921 bits per heavy atom. The van der Waals surface area contributed by atoms with Gasteiger partial charge in [-0.3, -0.25) is 4.79 Å². The zero-order valence-electron chi connectivity index (χ0n) is 21.9. The fraction of sp³-hybridized carbons (Fsp3) is 0.310. The first kappa shape index (κ1) is 31.9. The predicted octanol–water partition coefficient (Wildman–Crippen LogP) is -0.00340. The number of hydrogen-bond acceptors (Lipinski definition) is 6. The van der Waals surface area contributed by atoms with Crippen LogP contribution in [-0.2, 0) is 29.0 Å². The first-order chi connectivity index (χ1) is 18.0. The number of anilines is 1. The maximum Gasteiger partial charge on any atom is 1.00 e. The zero-order valence-corrected chi connectivity index (χ0v) is 25.0. The number of rotatable bonds is 15. The molecule has 0 spiro atoms. The van der Waals surface area contributed by atoms with Crippen LogP contribution in [0.4, 0.5) is 10.1 Å². The van der Waals surface area contributed by atoms with E-state index in [1.807, 2.05) is 48.5 Å². The Bertz CT molecular complexity index is 1140. The third-order valence-electron chi connectivity index (χ3n) is 5.92. The third kappa shape index (κ3) is 10.8. The fourth-order valence-electron chi connectivity index (χ4n) is 3.93. The van der Waals surface area contributed by atoms with Crippen molar-refractivity contribution in [2.45, 2.75) is 44.6 Å². The molecular formula is C29H33FKN3O4. The van der Waals surface area contributed by atoms with E-state index >= 15 is 0 Å². The molecule has 0 aliphatic heterocycles. The quantitative estimate of drug-likeness (QED) is 0.184. The number of nitrogens with one attached hydrogen (secondary N) is 3. The van der Waals surface area contributed by atoms with Gasteiger partial charge in [-0.05, 0) is 54.5 Å². The molecular weight excluding hydrogens is 512 g/mol. The Hall–Kier alpha value is -2.27. The van der Waals surface area contributed by atoms with E-state index in [0.29, 0.717) is 25.2 Å². The number of carbonyl (C=O) groups is 2. The Morgan fingerprint density at radius 3 is 2.21 bits per heavy atom. The molecule has 3 rings (SSSR count). The Labute approximate surface area is 266 Å². The SMILES string of the molecule is CNc1cc(C[C@H](NCc2ccccc2)C(=O)NCCCCc2ccccc2)ccc1OC(F)C(=O)[O-].[K+]. The van der Waals surface area contributed by atoms with Crippen molar-refractivity contribution >= 4 is 17.6 Å². The van der Waals surface area contributed by atoms with Crippen LogP contribution in [0.5, 0.6) is 5.75 Å². The van der Waals surface area contributed by atoms with Crippen molar-refractivity contribution < 1.29 is 75.2 Å². The van der Waals surface area contributed by atoms with Crippen molar-refractivity contribution in [2.75, 3.05) is 18.9 Å². The Kier molecular flexibility index (Phi) is 14.6. The van der Waals surface area contributed by atoms with Crippen molar-refractivity contribution in [2.24, 2.45) is 0 Å². The number of carbonyl (C=O) groups excluding carboxylic acids is 2. The van der Waals surface area contributed by atoms with Crippen LogP contribution in [0.3, 0.4) is 0 Å². The van der Waals surface area contributed by atoms with E-state index in [9.17, 15) is 19.1 Å². The Balaban J connectivity index is 0.00000507. The number of halogens is 1. The number of amides is 1. The summed E-state index contributed by atoms with van der Waals surface area (Å²) in [6.07, 6.45) is 0.597. The summed E-state index contributed by atoms with van der Waals surface area (Å²) in [5.41, 5.74) is 3.54. The summed E-state index contributed by atoms with van der Waals surface area (Å²) >= 11 is 0. The first-order valence-corrected chi connectivity index (χ1v) is 12.4. The largest absolute Gasteiger partial charge is 1.00 e. The second-order valence-electron chi connectivity index (χ2n) is 8.69. The summed E-state index contributed by atoms with van der Waals surface area (Å²) in [5, 5.41) is 20.0. The topological polar surface area (TPSA) is 103 Å². The van der Waals surface area contributed by atoms with Crippen molar-refractivity contribution in [3.63, 3.8) is 0 Å². The average molecular weight is 546 g/mol. The van der Waals surface area contributed by atoms with E-state index in [4.69, 9.17) is 4.74 Å². The molecule has 9 heteroatoms. The van der Waals surface area contributed by atoms with Crippen LogP contribution in [0.2, 0.25) is 0 Å². The summed E-state index contributed by atoms with van der Waals surface area (Å²) in [6, 6.07) is 24.4. The molecule has 0 aliphatic rings. The number of aryl methyl sites for hydroxylation is 1. The molecule has 3 aromatic carbocycles. The maximum absolute atomic E-state index is 13.5. The number of aliphatic carboxylic acids is 1. The fourth-order valence-corrected chi connectivity index (χ4v) is 3.93. The average Bonchev–Trinajstić information content (AvgIpc) is 2.92. The van der Waals surface area contributed by atoms with E-state index in [-0.39, 0.29) is 63.0 Å². The van der Waals surface area contributed by atoms with Crippen molar-refractivity contribution in [1.82, 2.24) is 10.6 Å². The minimum atomic E-state index is -2.58. The predicted molar refractivity (Wildman–Crippen MR) is 140 cm³/mol. The number of hydrogen-bond donors (Lipinski definition) is 3. The van der Waals surface area contributed by atoms with Gasteiger partial charge in [0.25, 0.3) is 6.36 Å². The van der Waals surface area contributed by atoms with Gasteiger partial charge < -0.3 is 30.6 Å². The van der Waals surface area contributed by atoms with Crippen molar-refractivity contribution in [3.8, 4) is 5.75 Å². The molecule has 196 valence electrons. The minimum Gasteiger partial charge on any atom is -0.543 e. The molecule has 1 amide bonds. The standard InChI is InChI=1S/C29H34FN3O4.K/c1-31-24-18-23(15-16-26(24)37-27(30)29(35)36)19-25(33-20-22-13-6-3-7-14-22)28(34)32-17-9-8-12-21-10-4-2-5-11-21;/h2-7,10-11,13-16,18,25,27,31,33H,8-9,12,17,19-20H2,1H3,(H,32,34)(H,35,36);/q;+1/p-1/t25-,27?;/m0./s1. The molecule has 0 fully saturated rings. The van der Waals surface area contributed by atoms with E-state index in [0.717, 1.165) is 30.4 Å². The van der Waals surface area contributed by atoms with Crippen LogP contribution in [0.15, 0.2) is 78.9 Å². The van der Waals surface area contributed by atoms with Crippen LogP contribution in [0, 0.1) is 0 Å². The molecule has 1 unspecified atom stereocenters. The van der Waals surface area contributed by atoms with Gasteiger partial charge in [-0.15, -0.1) is 0 Å². The van der Waals surface area contributed by atoms with Crippen molar-refractivity contribution in [3.05, 3.63) is 95.6 Å². The van der Waals surface area contributed by atoms with Gasteiger partial charge in [0.1, 0.15) is 11.7 Å². The summed E-state index contributed by atoms with van der Waals surface area (Å²) in [5.74, 6) is -2.01. The maximum atomic E-state index is 13.5. The summed E-state index contributed by atoms with van der Waals surface area (Å²) in [4.78, 5) is 23.8. The number of alkyl halides is 1. The van der Waals surface area contributed by atoms with Crippen molar-refractivity contribution in [1.29, 1.82) is 0 Å². The van der Waals surface area contributed by atoms with Crippen LogP contribution < -0.4 is 77.2 Å². The van der Waals surface area contributed by atoms with E-state index in [1.165, 1.54) is 11.6 Å². The smallest absolute Gasteiger partial charge is 0.543 e. The second kappa shape index (κ2) is 17.3. The number of carboxylic acids is 1. The van der Waals surface area contributed by atoms with E-state index in [1.54, 1.807) is 19.2 Å². The molecule has 0 aromatic heterocycles. The zero-order chi connectivity index (χ0) is 26.5. The van der Waals surface area contributed by atoms with Gasteiger partial charge in [0, 0.05) is 20.1 Å². The number of unbranched alkanes of at least 4 members (excludes halogenated alkanes) is 1. The number of carboxylic acid groups (broad SMARTS) is 1. The van der Waals surface area contributed by atoms with Crippen LogP contribution in [-0.4, -0.2) is 37.9 Å². The molecule has 3 N–H and O–H groups in total. The Morgan fingerprint density at radius 2 is 1.58 bits per heavy atom. The van der Waals surface area contributed by atoms with Gasteiger partial charge in [0.2, 0.25) is 5.91 Å². The van der Waals surface area contributed by atoms with Crippen LogP contribution in [0.25, 0.3) is 0 Å². The molecule has 0 aliphatic carbocycles. The monoisotopic (exact) mass is 545 g/mol. The van der Waals surface area contributed by atoms with Crippen LogP contribution >= 0.6 is 0 Å². The van der Waals surface area contributed by atoms with Gasteiger partial charge in [-0.25, -0.2) is 0 Å². The molecule has 0 heterocycles. The van der Waals surface area contributed by atoms with Gasteiger partial charge in [0.05, 0.1) is 11.7 Å². The molecule has 0 bridgehead atoms. The van der Waals surface area contributed by atoms with E-state index in [2.05, 4.69) is 28.1 Å². The van der Waals surface area contributed by atoms with Gasteiger partial charge in [-0.1, -0.05) is 66.7 Å². The molecule has 2 atom stereocenters. The van der Waals surface area contributed by atoms with Gasteiger partial charge in [-0.2, -0.15) is 4.39 Å². The first-order valence-electron chi connectivity index (χ1n) is 12.4. The number of ether oxygens (including phenoxy) is 1. The number of benzene rings is 3. The molecule has 38 heavy (non-hydrogen) atoms. The van der Waals surface area contributed by atoms with Gasteiger partial charge in [0.15, 0.2) is 0 Å². The second-order valence-corrected chi connectivity index (χ2v) is 8.69. The molecule has 7 nitrogen and oxygen atoms in total. The summed E-state index contributed by atoms with van der Waals surface area (Å²) in [7, 11) is 1.62. The summed E-state index contributed by atoms with van der Waals surface area (Å²) < 4.78 is 18.3.